The largest absolute Gasteiger partial charge is 0.358 e. The van der Waals surface area contributed by atoms with Crippen LogP contribution in [0.3, 0.4) is 0 Å². The third kappa shape index (κ3) is 8.01. The Morgan fingerprint density at radius 3 is 1.50 bits per heavy atom. The first kappa shape index (κ1) is 27.8. The molecular formula is C31H32Y-2. The Morgan fingerprint density at radius 1 is 0.594 bits per heavy atom. The zero-order valence-corrected chi connectivity index (χ0v) is 22.5. The van der Waals surface area contributed by atoms with E-state index in [4.69, 9.17) is 0 Å². The normalized spacial score (nSPS) is 9.34. The number of aryl methyl sites for hydroxylation is 3. The Morgan fingerprint density at radius 2 is 1.09 bits per heavy atom. The molecule has 1 heteroatoms. The zero-order valence-electron chi connectivity index (χ0n) is 19.7. The maximum Gasteiger partial charge on any atom is 0 e. The van der Waals surface area contributed by atoms with Gasteiger partial charge in [-0.1, -0.05) is 98.8 Å². The Balaban J connectivity index is 0.000000250. The maximum absolute atomic E-state index is 3.03. The molecule has 0 aliphatic rings. The molecule has 0 atom stereocenters. The SMILES string of the molecule is CCc1ccccc1C.Cc1[c-]cccc1.[CH3-].[Y].c1ccc2c(c1)ccc1ccccc12. The molecular weight excluding hydrogens is 461 g/mol. The fourth-order valence-corrected chi connectivity index (χ4v) is 3.44. The van der Waals surface area contributed by atoms with Crippen LogP contribution >= 0.6 is 0 Å². The van der Waals surface area contributed by atoms with Gasteiger partial charge in [0.25, 0.3) is 0 Å². The molecule has 0 bridgehead atoms. The second-order valence-corrected chi connectivity index (χ2v) is 7.33. The first-order valence-electron chi connectivity index (χ1n) is 10.5. The van der Waals surface area contributed by atoms with Crippen molar-refractivity contribution < 1.29 is 32.7 Å². The van der Waals surface area contributed by atoms with Crippen molar-refractivity contribution in [1.82, 2.24) is 0 Å². The predicted molar refractivity (Wildman–Crippen MR) is 138 cm³/mol. The molecule has 0 unspecified atom stereocenters. The van der Waals surface area contributed by atoms with Gasteiger partial charge < -0.3 is 7.43 Å². The van der Waals surface area contributed by atoms with Gasteiger partial charge in [-0.05, 0) is 46.0 Å². The van der Waals surface area contributed by atoms with Crippen molar-refractivity contribution in [2.45, 2.75) is 27.2 Å². The number of benzene rings is 5. The van der Waals surface area contributed by atoms with Gasteiger partial charge in [0.05, 0.1) is 0 Å². The average molecular weight is 494 g/mol. The maximum atomic E-state index is 3.03. The summed E-state index contributed by atoms with van der Waals surface area (Å²) in [6, 6.07) is 40.8. The monoisotopic (exact) mass is 493 g/mol. The second-order valence-electron chi connectivity index (χ2n) is 7.33. The van der Waals surface area contributed by atoms with Gasteiger partial charge in [-0.25, -0.2) is 0 Å². The van der Waals surface area contributed by atoms with Crippen LogP contribution in [0.1, 0.15) is 23.6 Å². The molecule has 32 heavy (non-hydrogen) atoms. The van der Waals surface area contributed by atoms with E-state index in [0.717, 1.165) is 6.42 Å². The molecule has 0 nitrogen and oxygen atoms in total. The number of fused-ring (bicyclic) bond motifs is 3. The van der Waals surface area contributed by atoms with Gasteiger partial charge in [0.15, 0.2) is 0 Å². The summed E-state index contributed by atoms with van der Waals surface area (Å²) in [5.74, 6) is 0. The van der Waals surface area contributed by atoms with E-state index in [1.165, 1.54) is 38.2 Å². The van der Waals surface area contributed by atoms with Crippen LogP contribution < -0.4 is 0 Å². The second kappa shape index (κ2) is 14.7. The summed E-state index contributed by atoms with van der Waals surface area (Å²) >= 11 is 0. The van der Waals surface area contributed by atoms with Crippen molar-refractivity contribution in [3.05, 3.63) is 139 Å². The van der Waals surface area contributed by atoms with Crippen molar-refractivity contribution in [3.63, 3.8) is 0 Å². The van der Waals surface area contributed by atoms with Gasteiger partial charge in [0.2, 0.25) is 0 Å². The van der Waals surface area contributed by atoms with Gasteiger partial charge in [-0.2, -0.15) is 35.9 Å². The van der Waals surface area contributed by atoms with Crippen molar-refractivity contribution in [3.8, 4) is 0 Å². The third-order valence-electron chi connectivity index (χ3n) is 5.16. The fraction of sp³-hybridized carbons (Fsp3) is 0.129. The quantitative estimate of drug-likeness (QED) is 0.162. The molecule has 5 aromatic rings. The van der Waals surface area contributed by atoms with Gasteiger partial charge >= 0.3 is 0 Å². The molecule has 5 rings (SSSR count). The molecule has 0 fully saturated rings. The van der Waals surface area contributed by atoms with Crippen LogP contribution in [0.25, 0.3) is 21.5 Å². The first-order chi connectivity index (χ1) is 14.7. The third-order valence-corrected chi connectivity index (χ3v) is 5.16. The Labute approximate surface area is 219 Å². The summed E-state index contributed by atoms with van der Waals surface area (Å²) in [7, 11) is 0. The minimum Gasteiger partial charge on any atom is -0.358 e. The van der Waals surface area contributed by atoms with Crippen LogP contribution in [0.15, 0.2) is 109 Å². The van der Waals surface area contributed by atoms with E-state index in [9.17, 15) is 0 Å². The Kier molecular flexibility index (Phi) is 12.8. The van der Waals surface area contributed by atoms with Crippen molar-refractivity contribution >= 4 is 21.5 Å². The van der Waals surface area contributed by atoms with Gasteiger partial charge in [-0.3, -0.25) is 0 Å². The van der Waals surface area contributed by atoms with Crippen molar-refractivity contribution in [1.29, 1.82) is 0 Å². The van der Waals surface area contributed by atoms with Crippen LogP contribution in [0, 0.1) is 27.3 Å². The van der Waals surface area contributed by atoms with Gasteiger partial charge in [0.1, 0.15) is 0 Å². The van der Waals surface area contributed by atoms with E-state index in [1.54, 1.807) is 0 Å². The van der Waals surface area contributed by atoms with E-state index >= 15 is 0 Å². The molecule has 0 aliphatic carbocycles. The first-order valence-corrected chi connectivity index (χ1v) is 10.5. The number of hydrogen-bond donors (Lipinski definition) is 0. The molecule has 0 heterocycles. The topological polar surface area (TPSA) is 0 Å². The summed E-state index contributed by atoms with van der Waals surface area (Å²) in [4.78, 5) is 0. The molecule has 0 saturated heterocycles. The van der Waals surface area contributed by atoms with E-state index in [2.05, 4.69) is 105 Å². The molecule has 0 saturated carbocycles. The minimum absolute atomic E-state index is 0. The zero-order chi connectivity index (χ0) is 21.2. The van der Waals surface area contributed by atoms with Crippen molar-refractivity contribution in [2.75, 3.05) is 0 Å². The van der Waals surface area contributed by atoms with Crippen LogP contribution in [-0.2, 0) is 39.1 Å². The van der Waals surface area contributed by atoms with Crippen LogP contribution in [0.2, 0.25) is 0 Å². The van der Waals surface area contributed by atoms with Crippen LogP contribution in [0.5, 0.6) is 0 Å². The molecule has 5 aromatic carbocycles. The van der Waals surface area contributed by atoms with E-state index in [0.29, 0.717) is 0 Å². The number of hydrogen-bond acceptors (Lipinski definition) is 0. The average Bonchev–Trinajstić information content (AvgIpc) is 2.81. The summed E-state index contributed by atoms with van der Waals surface area (Å²) in [6.07, 6.45) is 1.15. The summed E-state index contributed by atoms with van der Waals surface area (Å²) < 4.78 is 0. The molecule has 161 valence electrons. The molecule has 0 N–H and O–H groups in total. The molecule has 0 aliphatic heterocycles. The smallest absolute Gasteiger partial charge is 0 e. The van der Waals surface area contributed by atoms with Crippen LogP contribution in [0.4, 0.5) is 0 Å². The van der Waals surface area contributed by atoms with E-state index in [1.807, 2.05) is 31.2 Å². The van der Waals surface area contributed by atoms with E-state index in [-0.39, 0.29) is 40.1 Å². The summed E-state index contributed by atoms with van der Waals surface area (Å²) in [5, 5.41) is 5.30. The van der Waals surface area contributed by atoms with Crippen LogP contribution in [-0.4, -0.2) is 0 Å². The molecule has 0 amide bonds. The van der Waals surface area contributed by atoms with Crippen molar-refractivity contribution in [2.24, 2.45) is 0 Å². The minimum atomic E-state index is 0. The Bertz CT molecular complexity index is 1140. The Hall–Kier alpha value is -2.28. The molecule has 0 aromatic heterocycles. The fourth-order valence-electron chi connectivity index (χ4n) is 3.44. The van der Waals surface area contributed by atoms with E-state index < -0.39 is 0 Å². The standard InChI is InChI=1S/C14H10.C9H12.C7H7.CH3.Y/c1-3-7-13-11(5-1)9-10-12-6-2-4-8-14(12)13;1-3-9-7-5-4-6-8(9)2;1-7-5-3-2-4-6-7;;/h1-10H;4-7H,3H2,1-2H3;2-5H,1H3;1H3;/q;;2*-1;. The molecule has 1 radical (unpaired) electrons. The van der Waals surface area contributed by atoms with Gasteiger partial charge in [-0.15, -0.1) is 0 Å². The molecule has 0 spiro atoms. The number of rotatable bonds is 1. The summed E-state index contributed by atoms with van der Waals surface area (Å²) in [5.41, 5.74) is 4.06. The predicted octanol–water partition coefficient (Wildman–Crippen LogP) is 8.79. The summed E-state index contributed by atoms with van der Waals surface area (Å²) in [6.45, 7) is 6.36. The van der Waals surface area contributed by atoms with Gasteiger partial charge in [0, 0.05) is 32.7 Å².